The zero-order valence-electron chi connectivity index (χ0n) is 11.6. The van der Waals surface area contributed by atoms with Crippen molar-refractivity contribution in [3.8, 4) is 0 Å². The van der Waals surface area contributed by atoms with Crippen LogP contribution < -0.4 is 10.6 Å². The highest BCUT2D eigenvalue weighted by molar-refractivity contribution is 6.27. The molecule has 0 radical (unpaired) electrons. The summed E-state index contributed by atoms with van der Waals surface area (Å²) >= 11 is 5.30. The van der Waals surface area contributed by atoms with Crippen LogP contribution in [0.1, 0.15) is 20.7 Å². The third kappa shape index (κ3) is 3.43. The van der Waals surface area contributed by atoms with Crippen LogP contribution in [0.3, 0.4) is 0 Å². The van der Waals surface area contributed by atoms with E-state index in [1.807, 2.05) is 0 Å². The summed E-state index contributed by atoms with van der Waals surface area (Å²) in [4.78, 5) is 47.7. The van der Waals surface area contributed by atoms with Gasteiger partial charge in [-0.15, -0.1) is 11.6 Å². The van der Waals surface area contributed by atoms with Crippen LogP contribution in [-0.2, 0) is 9.59 Å². The van der Waals surface area contributed by atoms with Gasteiger partial charge >= 0.3 is 0 Å². The number of fused-ring (bicyclic) bond motifs is 1. The molecule has 1 heterocycles. The maximum Gasteiger partial charge on any atom is 0.262 e. The molecule has 4 amide bonds. The topological polar surface area (TPSA) is 95.6 Å². The maximum absolute atomic E-state index is 12.1. The van der Waals surface area contributed by atoms with Gasteiger partial charge in [0, 0.05) is 13.1 Å². The van der Waals surface area contributed by atoms with Crippen LogP contribution >= 0.6 is 11.6 Å². The summed E-state index contributed by atoms with van der Waals surface area (Å²) in [6.07, 6.45) is 0. The number of hydrogen-bond donors (Lipinski definition) is 2. The molecule has 7 nitrogen and oxygen atoms in total. The van der Waals surface area contributed by atoms with E-state index in [1.54, 1.807) is 24.3 Å². The minimum atomic E-state index is -0.480. The van der Waals surface area contributed by atoms with Crippen LogP contribution in [0, 0.1) is 0 Å². The van der Waals surface area contributed by atoms with Crippen LogP contribution in [0.2, 0.25) is 0 Å². The van der Waals surface area contributed by atoms with Gasteiger partial charge in [-0.2, -0.15) is 0 Å². The van der Waals surface area contributed by atoms with Gasteiger partial charge in [-0.3, -0.25) is 24.1 Å². The molecule has 2 rings (SSSR count). The molecule has 2 N–H and O–H groups in total. The predicted octanol–water partition coefficient (Wildman–Crippen LogP) is -0.246. The Hall–Kier alpha value is -2.41. The number of halogens is 1. The quantitative estimate of drug-likeness (QED) is 0.429. The molecule has 0 atom stereocenters. The minimum Gasteiger partial charge on any atom is -0.353 e. The first-order chi connectivity index (χ1) is 10.5. The standard InChI is InChI=1S/C14H14ClN3O4/c15-7-11(19)16-5-6-17-12(20)8-18-13(21)9-3-1-2-4-10(9)14(18)22/h1-4H,5-8H2,(H,16,19)(H,17,20). The Labute approximate surface area is 131 Å². The summed E-state index contributed by atoms with van der Waals surface area (Å²) in [5.74, 6) is -1.92. The zero-order valence-corrected chi connectivity index (χ0v) is 12.4. The van der Waals surface area contributed by atoms with Crippen molar-refractivity contribution >= 4 is 35.2 Å². The molecule has 1 aromatic carbocycles. The van der Waals surface area contributed by atoms with Crippen LogP contribution in [0.5, 0.6) is 0 Å². The molecule has 8 heteroatoms. The van der Waals surface area contributed by atoms with Crippen molar-refractivity contribution in [1.29, 1.82) is 0 Å². The number of carbonyl (C=O) groups is 4. The van der Waals surface area contributed by atoms with Gasteiger partial charge in [-0.05, 0) is 12.1 Å². The average molecular weight is 324 g/mol. The molecule has 0 aromatic heterocycles. The molecule has 0 bridgehead atoms. The average Bonchev–Trinajstić information content (AvgIpc) is 2.77. The number of rotatable bonds is 6. The zero-order chi connectivity index (χ0) is 16.1. The van der Waals surface area contributed by atoms with E-state index in [9.17, 15) is 19.2 Å². The highest BCUT2D eigenvalue weighted by atomic mass is 35.5. The molecule has 1 aliphatic heterocycles. The fraction of sp³-hybridized carbons (Fsp3) is 0.286. The molecule has 0 saturated carbocycles. The van der Waals surface area contributed by atoms with Crippen LogP contribution in [-0.4, -0.2) is 54.0 Å². The molecule has 0 spiro atoms. The van der Waals surface area contributed by atoms with E-state index in [2.05, 4.69) is 10.6 Å². The molecule has 0 aliphatic carbocycles. The fourth-order valence-electron chi connectivity index (χ4n) is 2.03. The summed E-state index contributed by atoms with van der Waals surface area (Å²) in [5.41, 5.74) is 0.601. The van der Waals surface area contributed by atoms with E-state index in [0.29, 0.717) is 11.1 Å². The summed E-state index contributed by atoms with van der Waals surface area (Å²) in [7, 11) is 0. The third-order valence-electron chi connectivity index (χ3n) is 3.07. The van der Waals surface area contributed by atoms with Gasteiger partial charge < -0.3 is 10.6 Å². The van der Waals surface area contributed by atoms with E-state index in [4.69, 9.17) is 11.6 Å². The Morgan fingerprint density at radius 2 is 1.45 bits per heavy atom. The lowest BCUT2D eigenvalue weighted by molar-refractivity contribution is -0.122. The first kappa shape index (κ1) is 16.0. The lowest BCUT2D eigenvalue weighted by Gasteiger charge is -2.13. The second kappa shape index (κ2) is 7.04. The normalized spacial score (nSPS) is 13.0. The summed E-state index contributed by atoms with van der Waals surface area (Å²) < 4.78 is 0. The summed E-state index contributed by atoms with van der Waals surface area (Å²) in [6.45, 7) is 0.0554. The molecule has 1 aromatic rings. The number of hydrogen-bond acceptors (Lipinski definition) is 4. The molecule has 1 aliphatic rings. The highest BCUT2D eigenvalue weighted by Gasteiger charge is 2.36. The van der Waals surface area contributed by atoms with Crippen LogP contribution in [0.4, 0.5) is 0 Å². The lowest BCUT2D eigenvalue weighted by atomic mass is 10.1. The predicted molar refractivity (Wildman–Crippen MR) is 78.5 cm³/mol. The molecule has 0 unspecified atom stereocenters. The van der Waals surface area contributed by atoms with Gasteiger partial charge in [0.1, 0.15) is 12.4 Å². The summed E-state index contributed by atoms with van der Waals surface area (Å²) in [6, 6.07) is 6.42. The first-order valence-corrected chi connectivity index (χ1v) is 7.12. The number of nitrogens with one attached hydrogen (secondary N) is 2. The Bertz CT molecular complexity index is 597. The van der Waals surface area contributed by atoms with Crippen molar-refractivity contribution in [2.45, 2.75) is 0 Å². The van der Waals surface area contributed by atoms with E-state index in [-0.39, 0.29) is 31.4 Å². The maximum atomic E-state index is 12.1. The number of imide groups is 1. The van der Waals surface area contributed by atoms with Gasteiger partial charge in [0.2, 0.25) is 11.8 Å². The van der Waals surface area contributed by atoms with Gasteiger partial charge in [0.15, 0.2) is 0 Å². The van der Waals surface area contributed by atoms with Gasteiger partial charge in [-0.1, -0.05) is 12.1 Å². The van der Waals surface area contributed by atoms with Gasteiger partial charge in [0.05, 0.1) is 11.1 Å². The number of amides is 4. The molecule has 116 valence electrons. The van der Waals surface area contributed by atoms with E-state index in [1.165, 1.54) is 0 Å². The van der Waals surface area contributed by atoms with Crippen molar-refractivity contribution in [3.05, 3.63) is 35.4 Å². The Morgan fingerprint density at radius 3 is 1.95 bits per heavy atom. The molecule has 22 heavy (non-hydrogen) atoms. The third-order valence-corrected chi connectivity index (χ3v) is 3.31. The molecular formula is C14H14ClN3O4. The molecule has 0 fully saturated rings. The lowest BCUT2D eigenvalue weighted by Crippen LogP contribution is -2.42. The van der Waals surface area contributed by atoms with Crippen LogP contribution in [0.25, 0.3) is 0 Å². The van der Waals surface area contributed by atoms with E-state index >= 15 is 0 Å². The number of nitrogens with zero attached hydrogens (tertiary/aromatic N) is 1. The number of carbonyl (C=O) groups excluding carboxylic acids is 4. The van der Waals surface area contributed by atoms with Crippen molar-refractivity contribution < 1.29 is 19.2 Å². The largest absolute Gasteiger partial charge is 0.353 e. The van der Waals surface area contributed by atoms with E-state index < -0.39 is 17.7 Å². The minimum absolute atomic E-state index is 0.150. The van der Waals surface area contributed by atoms with Crippen molar-refractivity contribution in [3.63, 3.8) is 0 Å². The molecule has 0 saturated heterocycles. The number of benzene rings is 1. The Balaban J connectivity index is 1.85. The Kier molecular flexibility index (Phi) is 5.11. The Morgan fingerprint density at radius 1 is 0.955 bits per heavy atom. The monoisotopic (exact) mass is 323 g/mol. The SMILES string of the molecule is O=C(CCl)NCCNC(=O)CN1C(=O)c2ccccc2C1=O. The van der Waals surface area contributed by atoms with Crippen molar-refractivity contribution in [2.24, 2.45) is 0 Å². The van der Waals surface area contributed by atoms with Crippen molar-refractivity contribution in [2.75, 3.05) is 25.5 Å². The van der Waals surface area contributed by atoms with Gasteiger partial charge in [0.25, 0.3) is 11.8 Å². The first-order valence-electron chi connectivity index (χ1n) is 6.59. The van der Waals surface area contributed by atoms with Gasteiger partial charge in [-0.25, -0.2) is 0 Å². The fourth-order valence-corrected chi connectivity index (χ4v) is 2.13. The highest BCUT2D eigenvalue weighted by Crippen LogP contribution is 2.21. The van der Waals surface area contributed by atoms with Crippen molar-refractivity contribution in [1.82, 2.24) is 15.5 Å². The molecular weight excluding hydrogens is 310 g/mol. The second-order valence-corrected chi connectivity index (χ2v) is 4.84. The van der Waals surface area contributed by atoms with E-state index in [0.717, 1.165) is 4.90 Å². The summed E-state index contributed by atoms with van der Waals surface area (Å²) in [5, 5.41) is 4.99. The number of alkyl halides is 1. The van der Waals surface area contributed by atoms with Crippen LogP contribution in [0.15, 0.2) is 24.3 Å². The second-order valence-electron chi connectivity index (χ2n) is 4.58. The smallest absolute Gasteiger partial charge is 0.262 e.